The van der Waals surface area contributed by atoms with Crippen LogP contribution < -0.4 is 15.8 Å². The molecule has 0 radical (unpaired) electrons. The Hall–Kier alpha value is -3.41. The summed E-state index contributed by atoms with van der Waals surface area (Å²) >= 11 is 0. The predicted molar refractivity (Wildman–Crippen MR) is 146 cm³/mol. The fraction of sp³-hybridized carbons (Fsp3) is 0.448. The number of benzene rings is 2. The van der Waals surface area contributed by atoms with E-state index in [1.165, 1.54) is 0 Å². The third kappa shape index (κ3) is 6.83. The number of aromatic nitrogens is 1. The van der Waals surface area contributed by atoms with E-state index in [-0.39, 0.29) is 25.2 Å². The first-order valence-electron chi connectivity index (χ1n) is 13.3. The van der Waals surface area contributed by atoms with Crippen molar-refractivity contribution < 1.29 is 32.9 Å². The molecule has 5 N–H and O–H groups in total. The molecule has 0 saturated carbocycles. The maximum absolute atomic E-state index is 13.9. The van der Waals surface area contributed by atoms with Crippen molar-refractivity contribution in [2.75, 3.05) is 38.6 Å². The van der Waals surface area contributed by atoms with Crippen LogP contribution in [0.25, 0.3) is 10.9 Å². The van der Waals surface area contributed by atoms with E-state index in [0.717, 1.165) is 10.9 Å². The topological polar surface area (TPSA) is 121 Å². The van der Waals surface area contributed by atoms with Gasteiger partial charge in [0.1, 0.15) is 17.3 Å². The van der Waals surface area contributed by atoms with Crippen molar-refractivity contribution in [2.24, 2.45) is 11.1 Å². The highest BCUT2D eigenvalue weighted by Crippen LogP contribution is 2.42. The molecule has 1 saturated heterocycles. The molecule has 1 aromatic heterocycles. The number of nitrogens with two attached hydrogens (primary N) is 1. The second kappa shape index (κ2) is 12.8. The second-order valence-electron chi connectivity index (χ2n) is 10.4. The standard InChI is InChI=1S/C29H35F3N4O4/c1-40-20-2-3-24-21(14-20)27(18(16-33)17-35-24)25(37)4-5-29(15-26(38)39)6-9-36(10-7-29)11-8-34-28-22(31)12-19(30)13-23(28)32/h2-3,12-14,17,25,34,37H,4-11,15-16,33H2,1H3,(H,38,39). The Morgan fingerprint density at radius 3 is 2.52 bits per heavy atom. The molecule has 8 nitrogen and oxygen atoms in total. The lowest BCUT2D eigenvalue weighted by Gasteiger charge is -2.41. The number of pyridine rings is 1. The zero-order chi connectivity index (χ0) is 28.9. The van der Waals surface area contributed by atoms with Crippen molar-refractivity contribution in [1.82, 2.24) is 9.88 Å². The second-order valence-corrected chi connectivity index (χ2v) is 10.4. The number of carboxylic acids is 1. The number of rotatable bonds is 12. The zero-order valence-electron chi connectivity index (χ0n) is 22.4. The van der Waals surface area contributed by atoms with Gasteiger partial charge < -0.3 is 30.9 Å². The Morgan fingerprint density at radius 1 is 1.20 bits per heavy atom. The van der Waals surface area contributed by atoms with Crippen LogP contribution in [0.4, 0.5) is 18.9 Å². The minimum absolute atomic E-state index is 0.0214. The first kappa shape index (κ1) is 29.6. The number of ether oxygens (including phenoxy) is 1. The van der Waals surface area contributed by atoms with Crippen LogP contribution in [0.5, 0.6) is 5.75 Å². The van der Waals surface area contributed by atoms with Gasteiger partial charge in [-0.3, -0.25) is 9.78 Å². The molecular formula is C29H35F3N4O4. The predicted octanol–water partition coefficient (Wildman–Crippen LogP) is 4.60. The maximum atomic E-state index is 13.9. The molecule has 1 unspecified atom stereocenters. The summed E-state index contributed by atoms with van der Waals surface area (Å²) in [6.07, 6.45) is 2.81. The van der Waals surface area contributed by atoms with E-state index in [9.17, 15) is 28.2 Å². The Morgan fingerprint density at radius 2 is 1.90 bits per heavy atom. The number of anilines is 1. The zero-order valence-corrected chi connectivity index (χ0v) is 22.4. The number of hydrogen-bond acceptors (Lipinski definition) is 7. The molecule has 0 bridgehead atoms. The molecule has 11 heteroatoms. The number of aliphatic hydroxyl groups is 1. The highest BCUT2D eigenvalue weighted by Gasteiger charge is 2.37. The molecule has 4 rings (SSSR count). The third-order valence-electron chi connectivity index (χ3n) is 7.88. The smallest absolute Gasteiger partial charge is 0.303 e. The van der Waals surface area contributed by atoms with Crippen LogP contribution in [0.3, 0.4) is 0 Å². The molecule has 0 spiro atoms. The van der Waals surface area contributed by atoms with Gasteiger partial charge in [0.15, 0.2) is 11.6 Å². The van der Waals surface area contributed by atoms with Gasteiger partial charge in [-0.15, -0.1) is 0 Å². The van der Waals surface area contributed by atoms with Gasteiger partial charge in [-0.05, 0) is 73.5 Å². The largest absolute Gasteiger partial charge is 0.497 e. The summed E-state index contributed by atoms with van der Waals surface area (Å²) in [6.45, 7) is 2.12. The van der Waals surface area contributed by atoms with Crippen molar-refractivity contribution in [2.45, 2.75) is 44.8 Å². The van der Waals surface area contributed by atoms with E-state index in [1.807, 2.05) is 12.1 Å². The van der Waals surface area contributed by atoms with Crippen LogP contribution in [0.1, 0.15) is 49.3 Å². The van der Waals surface area contributed by atoms with Crippen molar-refractivity contribution in [3.8, 4) is 5.75 Å². The number of nitrogens with one attached hydrogen (secondary N) is 1. The van der Waals surface area contributed by atoms with Crippen LogP contribution in [0.2, 0.25) is 0 Å². The summed E-state index contributed by atoms with van der Waals surface area (Å²) in [7, 11) is 1.56. The maximum Gasteiger partial charge on any atom is 0.303 e. The van der Waals surface area contributed by atoms with Crippen molar-refractivity contribution in [3.63, 3.8) is 0 Å². The van der Waals surface area contributed by atoms with Gasteiger partial charge in [0.25, 0.3) is 0 Å². The molecule has 1 atom stereocenters. The van der Waals surface area contributed by atoms with E-state index < -0.39 is 34.9 Å². The van der Waals surface area contributed by atoms with E-state index in [2.05, 4.69) is 15.2 Å². The summed E-state index contributed by atoms with van der Waals surface area (Å²) in [4.78, 5) is 18.3. The number of halogens is 3. The number of aliphatic carboxylic acids is 1. The number of carboxylic acid groups (broad SMARTS) is 1. The molecule has 1 fully saturated rings. The molecule has 216 valence electrons. The van der Waals surface area contributed by atoms with E-state index in [4.69, 9.17) is 10.5 Å². The first-order valence-corrected chi connectivity index (χ1v) is 13.3. The fourth-order valence-electron chi connectivity index (χ4n) is 5.64. The van der Waals surface area contributed by atoms with Crippen LogP contribution in [0.15, 0.2) is 36.5 Å². The first-order chi connectivity index (χ1) is 19.1. The molecule has 1 aliphatic heterocycles. The summed E-state index contributed by atoms with van der Waals surface area (Å²) in [6, 6.07) is 6.69. The minimum atomic E-state index is -0.992. The van der Waals surface area contributed by atoms with Crippen LogP contribution in [-0.2, 0) is 11.3 Å². The third-order valence-corrected chi connectivity index (χ3v) is 7.88. The van der Waals surface area contributed by atoms with Crippen LogP contribution in [-0.4, -0.2) is 59.4 Å². The number of aliphatic hydroxyl groups excluding tert-OH is 1. The monoisotopic (exact) mass is 560 g/mol. The van der Waals surface area contributed by atoms with Gasteiger partial charge in [0, 0.05) is 43.4 Å². The fourth-order valence-corrected chi connectivity index (χ4v) is 5.64. The molecule has 2 aromatic carbocycles. The minimum Gasteiger partial charge on any atom is -0.497 e. The van der Waals surface area contributed by atoms with Gasteiger partial charge in [-0.2, -0.15) is 0 Å². The number of piperidine rings is 1. The van der Waals surface area contributed by atoms with Gasteiger partial charge in [-0.25, -0.2) is 13.2 Å². The van der Waals surface area contributed by atoms with E-state index in [0.29, 0.717) is 74.3 Å². The molecule has 3 aromatic rings. The van der Waals surface area contributed by atoms with Crippen LogP contribution in [0, 0.1) is 22.9 Å². The van der Waals surface area contributed by atoms with Crippen molar-refractivity contribution in [1.29, 1.82) is 0 Å². The SMILES string of the molecule is COc1ccc2ncc(CN)c(C(O)CCC3(CC(=O)O)CCN(CCNc4c(F)cc(F)cc4F)CC3)c2c1. The number of fused-ring (bicyclic) bond motifs is 1. The average Bonchev–Trinajstić information content (AvgIpc) is 2.92. The number of likely N-dealkylation sites (tertiary alicyclic amines) is 1. The highest BCUT2D eigenvalue weighted by molar-refractivity contribution is 5.85. The average molecular weight is 561 g/mol. The highest BCUT2D eigenvalue weighted by atomic mass is 19.1. The summed E-state index contributed by atoms with van der Waals surface area (Å²) in [5, 5.41) is 24.5. The molecule has 0 amide bonds. The quantitative estimate of drug-likeness (QED) is 0.254. The van der Waals surface area contributed by atoms with Crippen molar-refractivity contribution >= 4 is 22.6 Å². The number of nitrogens with zero attached hydrogens (tertiary/aromatic N) is 2. The molecule has 0 aliphatic carbocycles. The van der Waals surface area contributed by atoms with Crippen LogP contribution >= 0.6 is 0 Å². The lowest BCUT2D eigenvalue weighted by molar-refractivity contribution is -0.141. The van der Waals surface area contributed by atoms with Crippen molar-refractivity contribution in [3.05, 3.63) is 65.1 Å². The number of carbonyl (C=O) groups is 1. The Labute approximate surface area is 231 Å². The molecule has 2 heterocycles. The van der Waals surface area contributed by atoms with E-state index >= 15 is 0 Å². The van der Waals surface area contributed by atoms with Gasteiger partial charge in [-0.1, -0.05) is 0 Å². The number of methoxy groups -OCH3 is 1. The lowest BCUT2D eigenvalue weighted by atomic mass is 9.71. The van der Waals surface area contributed by atoms with Gasteiger partial charge in [0.05, 0.1) is 25.2 Å². The number of hydrogen-bond donors (Lipinski definition) is 4. The lowest BCUT2D eigenvalue weighted by Crippen LogP contribution is -2.43. The molecular weight excluding hydrogens is 525 g/mol. The van der Waals surface area contributed by atoms with Gasteiger partial charge >= 0.3 is 5.97 Å². The Kier molecular flexibility index (Phi) is 9.49. The molecule has 40 heavy (non-hydrogen) atoms. The summed E-state index contributed by atoms with van der Waals surface area (Å²) in [5.41, 5.74) is 7.20. The Bertz CT molecular complexity index is 1320. The normalized spacial score (nSPS) is 16.1. The van der Waals surface area contributed by atoms with E-state index in [1.54, 1.807) is 19.4 Å². The Balaban J connectivity index is 1.41. The molecule has 1 aliphatic rings. The van der Waals surface area contributed by atoms with Gasteiger partial charge in [0.2, 0.25) is 0 Å². The summed E-state index contributed by atoms with van der Waals surface area (Å²) in [5.74, 6) is -3.23. The summed E-state index contributed by atoms with van der Waals surface area (Å²) < 4.78 is 46.3.